The highest BCUT2D eigenvalue weighted by molar-refractivity contribution is 6.53. The molecule has 8 nitrogen and oxygen atoms in total. The molecule has 0 unspecified atom stereocenters. The highest BCUT2D eigenvalue weighted by Crippen LogP contribution is 2.30. The van der Waals surface area contributed by atoms with Gasteiger partial charge in [-0.1, -0.05) is 50.6 Å². The number of esters is 1. The number of carbonyl (C=O) groups is 4. The zero-order valence-corrected chi connectivity index (χ0v) is 22.5. The molecule has 0 saturated carbocycles. The van der Waals surface area contributed by atoms with Crippen molar-refractivity contribution < 1.29 is 23.9 Å². The van der Waals surface area contributed by atoms with E-state index in [1.54, 1.807) is 24.3 Å². The second-order valence-corrected chi connectivity index (χ2v) is 9.63. The molecule has 3 amide bonds. The monoisotopic (exact) mass is 545 g/mol. The van der Waals surface area contributed by atoms with Crippen molar-refractivity contribution in [2.24, 2.45) is 0 Å². The minimum atomic E-state index is -0.704. The van der Waals surface area contributed by atoms with Gasteiger partial charge in [-0.05, 0) is 72.5 Å². The Morgan fingerprint density at radius 2 is 1.59 bits per heavy atom. The van der Waals surface area contributed by atoms with E-state index in [2.05, 4.69) is 24.5 Å². The summed E-state index contributed by atoms with van der Waals surface area (Å²) >= 11 is 6.25. The highest BCUT2D eigenvalue weighted by atomic mass is 35.5. The molecule has 0 aliphatic carbocycles. The smallest absolute Gasteiger partial charge is 0.338 e. The summed E-state index contributed by atoms with van der Waals surface area (Å²) in [4.78, 5) is 51.8. The zero-order valence-electron chi connectivity index (χ0n) is 21.8. The van der Waals surface area contributed by atoms with Crippen molar-refractivity contribution in [1.29, 1.82) is 0 Å². The van der Waals surface area contributed by atoms with Gasteiger partial charge in [0, 0.05) is 16.9 Å². The molecule has 1 aliphatic rings. The van der Waals surface area contributed by atoms with Gasteiger partial charge in [-0.25, -0.2) is 9.69 Å². The van der Waals surface area contributed by atoms with Crippen molar-refractivity contribution in [3.8, 4) is 0 Å². The number of imide groups is 1. The average molecular weight is 546 g/mol. The van der Waals surface area contributed by atoms with Gasteiger partial charge in [-0.3, -0.25) is 14.4 Å². The molecular formula is C30H28ClN3O5. The van der Waals surface area contributed by atoms with Gasteiger partial charge in [-0.2, -0.15) is 0 Å². The van der Waals surface area contributed by atoms with Crippen molar-refractivity contribution in [3.05, 3.63) is 100 Å². The summed E-state index contributed by atoms with van der Waals surface area (Å²) in [6.45, 7) is 6.38. The summed E-state index contributed by atoms with van der Waals surface area (Å²) in [5, 5.41) is 5.45. The lowest BCUT2D eigenvalue weighted by molar-refractivity contribution is -0.120. The third-order valence-electron chi connectivity index (χ3n) is 6.06. The van der Waals surface area contributed by atoms with Crippen LogP contribution >= 0.6 is 11.6 Å². The zero-order chi connectivity index (χ0) is 28.1. The number of hydrogen-bond donors (Lipinski definition) is 2. The van der Waals surface area contributed by atoms with Crippen LogP contribution in [0.2, 0.25) is 0 Å². The number of nitrogens with one attached hydrogen (secondary N) is 2. The lowest BCUT2D eigenvalue weighted by atomic mass is 10.0. The first-order valence-corrected chi connectivity index (χ1v) is 12.9. The Kier molecular flexibility index (Phi) is 8.46. The van der Waals surface area contributed by atoms with Crippen molar-refractivity contribution in [2.75, 3.05) is 22.1 Å². The normalized spacial score (nSPS) is 13.2. The Labute approximate surface area is 231 Å². The number of anilines is 3. The summed E-state index contributed by atoms with van der Waals surface area (Å²) in [6.07, 6.45) is 0.695. The summed E-state index contributed by atoms with van der Waals surface area (Å²) < 4.78 is 5.10. The molecule has 200 valence electrons. The van der Waals surface area contributed by atoms with Crippen LogP contribution in [0.5, 0.6) is 0 Å². The predicted octanol–water partition coefficient (Wildman–Crippen LogP) is 6.06. The van der Waals surface area contributed by atoms with Gasteiger partial charge in [0.25, 0.3) is 17.7 Å². The minimum Gasteiger partial charge on any atom is -0.462 e. The predicted molar refractivity (Wildman–Crippen MR) is 151 cm³/mol. The Bertz CT molecular complexity index is 1450. The molecular weight excluding hydrogens is 518 g/mol. The van der Waals surface area contributed by atoms with Crippen LogP contribution in [0.25, 0.3) is 0 Å². The van der Waals surface area contributed by atoms with Gasteiger partial charge >= 0.3 is 5.97 Å². The fraction of sp³-hybridized carbons (Fsp3) is 0.200. The van der Waals surface area contributed by atoms with E-state index in [9.17, 15) is 19.2 Å². The van der Waals surface area contributed by atoms with Crippen LogP contribution in [0, 0.1) is 0 Å². The van der Waals surface area contributed by atoms with Gasteiger partial charge in [0.2, 0.25) is 0 Å². The third kappa shape index (κ3) is 6.18. The Hall–Kier alpha value is -4.43. The topological polar surface area (TPSA) is 105 Å². The first-order valence-electron chi connectivity index (χ1n) is 12.5. The largest absolute Gasteiger partial charge is 0.462 e. The summed E-state index contributed by atoms with van der Waals surface area (Å²) in [7, 11) is 0. The maximum atomic E-state index is 13.2. The van der Waals surface area contributed by atoms with Crippen LogP contribution in [-0.4, -0.2) is 30.3 Å². The summed E-state index contributed by atoms with van der Waals surface area (Å²) in [6, 6.07) is 20.0. The molecule has 3 aromatic rings. The first kappa shape index (κ1) is 27.6. The van der Waals surface area contributed by atoms with Gasteiger partial charge < -0.3 is 15.4 Å². The molecule has 1 heterocycles. The van der Waals surface area contributed by atoms with Crippen LogP contribution in [0.4, 0.5) is 17.1 Å². The van der Waals surface area contributed by atoms with E-state index in [0.29, 0.717) is 41.4 Å². The van der Waals surface area contributed by atoms with Gasteiger partial charge in [0.1, 0.15) is 10.7 Å². The standard InChI is InChI=1S/C30H28ClN3O5/c1-4-16-39-30(38)20-10-14-24(15-11-20)34-28(36)25(31)26(29(34)37)32-23-7-5-6-21(17-23)27(35)33-22-12-8-19(9-13-22)18(2)3/h5-15,17-18,32H,4,16H2,1-3H3,(H,33,35). The van der Waals surface area contributed by atoms with E-state index in [1.165, 1.54) is 29.8 Å². The Morgan fingerprint density at radius 3 is 2.23 bits per heavy atom. The molecule has 4 rings (SSSR count). The Morgan fingerprint density at radius 1 is 0.897 bits per heavy atom. The van der Waals surface area contributed by atoms with E-state index in [-0.39, 0.29) is 22.3 Å². The molecule has 2 N–H and O–H groups in total. The lowest BCUT2D eigenvalue weighted by Crippen LogP contribution is -2.32. The van der Waals surface area contributed by atoms with E-state index >= 15 is 0 Å². The SMILES string of the molecule is CCCOC(=O)c1ccc(N2C(=O)C(Cl)=C(Nc3cccc(C(=O)Nc4ccc(C(C)C)cc4)c3)C2=O)cc1. The molecule has 3 aromatic carbocycles. The van der Waals surface area contributed by atoms with Gasteiger partial charge in [0.05, 0.1) is 17.9 Å². The fourth-order valence-corrected chi connectivity index (χ4v) is 4.12. The van der Waals surface area contributed by atoms with Crippen molar-refractivity contribution in [1.82, 2.24) is 0 Å². The fourth-order valence-electron chi connectivity index (χ4n) is 3.91. The number of halogens is 1. The van der Waals surface area contributed by atoms with Crippen LogP contribution in [0.1, 0.15) is 59.4 Å². The second kappa shape index (κ2) is 12.0. The van der Waals surface area contributed by atoms with Crippen LogP contribution in [0.15, 0.2) is 83.5 Å². The average Bonchev–Trinajstić information content (AvgIpc) is 3.15. The number of rotatable bonds is 9. The lowest BCUT2D eigenvalue weighted by Gasteiger charge is -2.15. The molecule has 9 heteroatoms. The third-order valence-corrected chi connectivity index (χ3v) is 6.41. The molecule has 0 radical (unpaired) electrons. The molecule has 0 aromatic heterocycles. The number of benzene rings is 3. The molecule has 0 spiro atoms. The molecule has 1 aliphatic heterocycles. The van der Waals surface area contributed by atoms with Crippen LogP contribution < -0.4 is 15.5 Å². The number of ether oxygens (including phenoxy) is 1. The molecule has 0 fully saturated rings. The van der Waals surface area contributed by atoms with E-state index in [4.69, 9.17) is 16.3 Å². The van der Waals surface area contributed by atoms with E-state index < -0.39 is 17.8 Å². The molecule has 0 saturated heterocycles. The van der Waals surface area contributed by atoms with Crippen LogP contribution in [-0.2, 0) is 14.3 Å². The molecule has 39 heavy (non-hydrogen) atoms. The quantitative estimate of drug-likeness (QED) is 0.250. The molecule has 0 atom stereocenters. The van der Waals surface area contributed by atoms with E-state index in [0.717, 1.165) is 4.90 Å². The van der Waals surface area contributed by atoms with Gasteiger partial charge in [0.15, 0.2) is 0 Å². The minimum absolute atomic E-state index is 0.116. The van der Waals surface area contributed by atoms with Crippen LogP contribution in [0.3, 0.4) is 0 Å². The Balaban J connectivity index is 1.46. The molecule has 0 bridgehead atoms. The maximum Gasteiger partial charge on any atom is 0.338 e. The second-order valence-electron chi connectivity index (χ2n) is 9.25. The number of amides is 3. The first-order chi connectivity index (χ1) is 18.7. The van der Waals surface area contributed by atoms with Crippen molar-refractivity contribution >= 4 is 52.4 Å². The number of hydrogen-bond acceptors (Lipinski definition) is 6. The van der Waals surface area contributed by atoms with Crippen molar-refractivity contribution in [3.63, 3.8) is 0 Å². The van der Waals surface area contributed by atoms with Gasteiger partial charge in [-0.15, -0.1) is 0 Å². The number of nitrogens with zero attached hydrogens (tertiary/aromatic N) is 1. The maximum absolute atomic E-state index is 13.2. The number of carbonyl (C=O) groups excluding carboxylic acids is 4. The van der Waals surface area contributed by atoms with E-state index in [1.807, 2.05) is 31.2 Å². The summed E-state index contributed by atoms with van der Waals surface area (Å²) in [5.41, 5.74) is 3.02. The highest BCUT2D eigenvalue weighted by Gasteiger charge is 2.39. The summed E-state index contributed by atoms with van der Waals surface area (Å²) in [5.74, 6) is -1.80. The van der Waals surface area contributed by atoms with Crippen molar-refractivity contribution in [2.45, 2.75) is 33.1 Å².